The van der Waals surface area contributed by atoms with Gasteiger partial charge in [-0.2, -0.15) is 0 Å². The van der Waals surface area contributed by atoms with Gasteiger partial charge in [0.25, 0.3) is 0 Å². The maximum Gasteiger partial charge on any atom is 0.162 e. The molecule has 0 bridgehead atoms. The minimum Gasteiger partial charge on any atom is -0.455 e. The molecule has 0 radical (unpaired) electrons. The van der Waals surface area contributed by atoms with Crippen molar-refractivity contribution >= 4 is 77.1 Å². The molecule has 4 heteroatoms. The quantitative estimate of drug-likeness (QED) is 0.265. The summed E-state index contributed by atoms with van der Waals surface area (Å²) in [6.45, 7) is 0. The Morgan fingerprint density at radius 3 is 2.71 bits per heavy atom. The first-order valence-corrected chi connectivity index (χ1v) is 11.6. The molecule has 4 heterocycles. The van der Waals surface area contributed by atoms with Gasteiger partial charge in [0.1, 0.15) is 11.2 Å². The molecule has 3 aromatic heterocycles. The van der Waals surface area contributed by atoms with E-state index in [4.69, 9.17) is 9.41 Å². The number of aliphatic imine (C=N–C) groups is 1. The summed E-state index contributed by atoms with van der Waals surface area (Å²) in [5.74, 6) is 0.966. The molecule has 1 aliphatic heterocycles. The molecule has 0 fully saturated rings. The molecule has 0 saturated carbocycles. The Balaban J connectivity index is 1.49. The summed E-state index contributed by atoms with van der Waals surface area (Å²) in [5, 5.41) is 12.1. The van der Waals surface area contributed by atoms with Gasteiger partial charge in [0.05, 0.1) is 33.9 Å². The predicted molar refractivity (Wildman–Crippen MR) is 141 cm³/mol. The molecule has 9 rings (SSSR count). The molecule has 34 heavy (non-hydrogen) atoms. The Morgan fingerprint density at radius 1 is 0.794 bits per heavy atom. The number of nitrogens with one attached hydrogen (secondary N) is 1. The minimum absolute atomic E-state index is 0.116. The molecule has 0 amide bonds. The summed E-state index contributed by atoms with van der Waals surface area (Å²) < 4.78 is 8.89. The second-order valence-corrected chi connectivity index (χ2v) is 9.24. The molecule has 1 atom stereocenters. The van der Waals surface area contributed by atoms with Crippen LogP contribution in [0.5, 0.6) is 0 Å². The second kappa shape index (κ2) is 5.67. The van der Waals surface area contributed by atoms with Crippen LogP contribution in [0.25, 0.3) is 59.9 Å². The number of fused-ring (bicyclic) bond motifs is 13. The summed E-state index contributed by atoms with van der Waals surface area (Å²) >= 11 is 0. The molecule has 158 valence electrons. The van der Waals surface area contributed by atoms with Crippen molar-refractivity contribution in [3.05, 3.63) is 91.0 Å². The van der Waals surface area contributed by atoms with Crippen molar-refractivity contribution < 1.29 is 4.42 Å². The van der Waals surface area contributed by atoms with Crippen LogP contribution in [0.2, 0.25) is 0 Å². The molecule has 4 nitrogen and oxygen atoms in total. The Bertz CT molecular complexity index is 2100. The summed E-state index contributed by atoms with van der Waals surface area (Å²) in [4.78, 5) is 5.12. The number of hydrogen-bond acceptors (Lipinski definition) is 3. The zero-order valence-corrected chi connectivity index (χ0v) is 18.0. The van der Waals surface area contributed by atoms with Gasteiger partial charge in [-0.15, -0.1) is 0 Å². The van der Waals surface area contributed by atoms with E-state index in [1.165, 1.54) is 32.4 Å². The number of furan rings is 1. The van der Waals surface area contributed by atoms with Crippen molar-refractivity contribution in [2.75, 3.05) is 5.32 Å². The first-order chi connectivity index (χ1) is 16.9. The third-order valence-electron chi connectivity index (χ3n) is 7.52. The number of aromatic nitrogens is 1. The van der Waals surface area contributed by atoms with Crippen molar-refractivity contribution in [1.29, 1.82) is 0 Å². The first kappa shape index (κ1) is 17.0. The lowest BCUT2D eigenvalue weighted by Crippen LogP contribution is -2.29. The Hall–Kier alpha value is -4.57. The summed E-state index contributed by atoms with van der Waals surface area (Å²) in [7, 11) is 0. The molecule has 1 unspecified atom stereocenters. The van der Waals surface area contributed by atoms with Crippen LogP contribution >= 0.6 is 0 Å². The number of para-hydroxylation sites is 1. The fourth-order valence-corrected chi connectivity index (χ4v) is 6.09. The van der Waals surface area contributed by atoms with Crippen LogP contribution in [0.3, 0.4) is 0 Å². The van der Waals surface area contributed by atoms with E-state index in [1.54, 1.807) is 0 Å². The molecule has 1 aliphatic carbocycles. The van der Waals surface area contributed by atoms with E-state index in [0.717, 1.165) is 44.7 Å². The minimum atomic E-state index is 0.116. The zero-order valence-electron chi connectivity index (χ0n) is 18.0. The van der Waals surface area contributed by atoms with Gasteiger partial charge in [-0.3, -0.25) is 4.40 Å². The van der Waals surface area contributed by atoms with Crippen LogP contribution in [-0.4, -0.2) is 16.2 Å². The molecule has 0 spiro atoms. The smallest absolute Gasteiger partial charge is 0.162 e. The molecule has 1 N–H and O–H groups in total. The normalized spacial score (nSPS) is 17.3. The van der Waals surface area contributed by atoms with Crippen LogP contribution in [0, 0.1) is 0 Å². The molecule has 7 aromatic rings. The number of anilines is 1. The van der Waals surface area contributed by atoms with E-state index in [1.807, 2.05) is 0 Å². The van der Waals surface area contributed by atoms with E-state index in [9.17, 15) is 0 Å². The van der Waals surface area contributed by atoms with Gasteiger partial charge < -0.3 is 9.73 Å². The average molecular weight is 435 g/mol. The Morgan fingerprint density at radius 2 is 1.71 bits per heavy atom. The number of benzene rings is 4. The highest BCUT2D eigenvalue weighted by Gasteiger charge is 2.29. The van der Waals surface area contributed by atoms with Gasteiger partial charge in [0, 0.05) is 21.5 Å². The van der Waals surface area contributed by atoms with Gasteiger partial charge in [0.15, 0.2) is 5.82 Å². The largest absolute Gasteiger partial charge is 0.455 e. The van der Waals surface area contributed by atoms with Crippen LogP contribution in [0.1, 0.15) is 0 Å². The first-order valence-electron chi connectivity index (χ1n) is 11.6. The Kier molecular flexibility index (Phi) is 2.83. The van der Waals surface area contributed by atoms with Crippen molar-refractivity contribution in [1.82, 2.24) is 4.40 Å². The van der Waals surface area contributed by atoms with Crippen LogP contribution < -0.4 is 5.32 Å². The van der Waals surface area contributed by atoms with Crippen LogP contribution in [0.4, 0.5) is 11.5 Å². The molecule has 0 saturated heterocycles. The number of rotatable bonds is 0. The van der Waals surface area contributed by atoms with E-state index >= 15 is 0 Å². The van der Waals surface area contributed by atoms with E-state index < -0.39 is 0 Å². The molecular formula is C30H17N3O. The highest BCUT2D eigenvalue weighted by Crippen LogP contribution is 2.48. The SMILES string of the molecule is C1=CC2=Nc3c(c4cccc5c6c7oc8ccc9ccccc9c8c7ccc6n3c45)NC2C=C1. The van der Waals surface area contributed by atoms with Crippen LogP contribution in [-0.2, 0) is 0 Å². The zero-order chi connectivity index (χ0) is 22.0. The third kappa shape index (κ3) is 1.86. The van der Waals surface area contributed by atoms with Crippen molar-refractivity contribution in [3.63, 3.8) is 0 Å². The highest BCUT2D eigenvalue weighted by atomic mass is 16.3. The Labute approximate surface area is 193 Å². The molecular weight excluding hydrogens is 418 g/mol. The van der Waals surface area contributed by atoms with Gasteiger partial charge in [-0.25, -0.2) is 4.99 Å². The standard InChI is InChI=1S/C30H17N3O/c1-2-7-17-16(6-1)12-15-24-25(17)19-13-14-23-26(29(19)34-24)18-8-5-9-20-27-30(33(23)28(18)20)32-22-11-4-3-10-21(22)31-27/h1-15,21,31H. The van der Waals surface area contributed by atoms with Gasteiger partial charge in [-0.1, -0.05) is 66.8 Å². The topological polar surface area (TPSA) is 41.9 Å². The lowest BCUT2D eigenvalue weighted by Gasteiger charge is -2.23. The van der Waals surface area contributed by atoms with E-state index in [2.05, 4.69) is 101 Å². The van der Waals surface area contributed by atoms with Crippen molar-refractivity contribution in [3.8, 4) is 0 Å². The maximum atomic E-state index is 6.58. The van der Waals surface area contributed by atoms with Crippen molar-refractivity contribution in [2.45, 2.75) is 6.04 Å². The van der Waals surface area contributed by atoms with Gasteiger partial charge in [-0.05, 0) is 35.0 Å². The average Bonchev–Trinajstić information content (AvgIpc) is 3.53. The lowest BCUT2D eigenvalue weighted by molar-refractivity contribution is 0.673. The molecule has 4 aromatic carbocycles. The highest BCUT2D eigenvalue weighted by molar-refractivity contribution is 6.30. The fraction of sp³-hybridized carbons (Fsp3) is 0.0333. The molecule has 2 aliphatic rings. The monoisotopic (exact) mass is 435 g/mol. The van der Waals surface area contributed by atoms with Crippen LogP contribution in [0.15, 0.2) is 100 Å². The van der Waals surface area contributed by atoms with E-state index in [-0.39, 0.29) is 6.04 Å². The number of hydrogen-bond donors (Lipinski definition) is 1. The van der Waals surface area contributed by atoms with Gasteiger partial charge in [0.2, 0.25) is 0 Å². The summed E-state index contributed by atoms with van der Waals surface area (Å²) in [6, 6.07) is 23.9. The number of allylic oxidation sites excluding steroid dienone is 2. The van der Waals surface area contributed by atoms with Crippen molar-refractivity contribution in [2.24, 2.45) is 4.99 Å². The van der Waals surface area contributed by atoms with Gasteiger partial charge >= 0.3 is 0 Å². The fourth-order valence-electron chi connectivity index (χ4n) is 6.09. The predicted octanol–water partition coefficient (Wildman–Crippen LogP) is 7.73. The summed E-state index contributed by atoms with van der Waals surface area (Å²) in [6.07, 6.45) is 8.39. The number of nitrogens with zero attached hydrogens (tertiary/aromatic N) is 2. The summed E-state index contributed by atoms with van der Waals surface area (Å²) in [5.41, 5.74) is 6.35. The second-order valence-electron chi connectivity index (χ2n) is 9.24. The maximum absolute atomic E-state index is 6.58. The van der Waals surface area contributed by atoms with E-state index in [0.29, 0.717) is 0 Å². The lowest BCUT2D eigenvalue weighted by atomic mass is 10.0. The third-order valence-corrected chi connectivity index (χ3v) is 7.52.